The predicted molar refractivity (Wildman–Crippen MR) is 141 cm³/mol. The molecular weight excluding hydrogens is 516 g/mol. The molecule has 3 atom stereocenters. The summed E-state index contributed by atoms with van der Waals surface area (Å²) in [5, 5.41) is 23.0. The topological polar surface area (TPSA) is 148 Å². The molecule has 1 aliphatic heterocycles. The minimum Gasteiger partial charge on any atom is -0.395 e. The average molecular weight is 545 g/mol. The molecule has 1 saturated carbocycles. The van der Waals surface area contributed by atoms with Crippen LogP contribution in [0.1, 0.15) is 50.1 Å². The molecule has 3 aromatic rings. The van der Waals surface area contributed by atoms with E-state index in [-0.39, 0.29) is 42.8 Å². The third-order valence-corrected chi connectivity index (χ3v) is 8.22. The number of fused-ring (bicyclic) bond motifs is 2. The van der Waals surface area contributed by atoms with Crippen LogP contribution in [0.5, 0.6) is 0 Å². The van der Waals surface area contributed by atoms with Crippen LogP contribution in [-0.4, -0.2) is 64.6 Å². The lowest BCUT2D eigenvalue weighted by Crippen LogP contribution is -2.56. The SMILES string of the molecule is O=C(N[C@H]1CC[C@H](C(=O)NCCO)C[C@H]1NC(=O)c1nc2c(s1)CNCC2)c1cc2cc(Cl)ccc2[nH]1. The van der Waals surface area contributed by atoms with Gasteiger partial charge in [0.25, 0.3) is 11.8 Å². The van der Waals surface area contributed by atoms with Gasteiger partial charge in [-0.3, -0.25) is 14.4 Å². The summed E-state index contributed by atoms with van der Waals surface area (Å²) in [6.07, 6.45) is 2.21. The molecule has 0 spiro atoms. The summed E-state index contributed by atoms with van der Waals surface area (Å²) in [5.41, 5.74) is 2.14. The maximum absolute atomic E-state index is 13.2. The van der Waals surface area contributed by atoms with E-state index in [1.165, 1.54) is 11.3 Å². The smallest absolute Gasteiger partial charge is 0.280 e. The number of amides is 3. The molecule has 1 aliphatic carbocycles. The van der Waals surface area contributed by atoms with Gasteiger partial charge in [0, 0.05) is 58.8 Å². The minimum absolute atomic E-state index is 0.142. The Hall–Kier alpha value is -2.99. The summed E-state index contributed by atoms with van der Waals surface area (Å²) in [5.74, 6) is -1.11. The number of halogens is 1. The number of nitrogens with one attached hydrogen (secondary N) is 5. The Morgan fingerprint density at radius 2 is 1.97 bits per heavy atom. The number of thiazole rings is 1. The van der Waals surface area contributed by atoms with Crippen LogP contribution in [0, 0.1) is 5.92 Å². The number of hydrogen-bond donors (Lipinski definition) is 6. The van der Waals surface area contributed by atoms with Crippen LogP contribution in [0.15, 0.2) is 24.3 Å². The summed E-state index contributed by atoms with van der Waals surface area (Å²) in [6.45, 7) is 1.57. The van der Waals surface area contributed by atoms with E-state index in [2.05, 4.69) is 31.2 Å². The number of aliphatic hydroxyl groups excluding tert-OH is 1. The highest BCUT2D eigenvalue weighted by Crippen LogP contribution is 2.28. The van der Waals surface area contributed by atoms with Gasteiger partial charge in [-0.1, -0.05) is 11.6 Å². The van der Waals surface area contributed by atoms with Crippen molar-refractivity contribution in [1.29, 1.82) is 0 Å². The van der Waals surface area contributed by atoms with Gasteiger partial charge in [-0.25, -0.2) is 4.98 Å². The molecule has 3 heterocycles. The molecule has 2 aromatic heterocycles. The molecule has 12 heteroatoms. The molecule has 0 bridgehead atoms. The minimum atomic E-state index is -0.465. The Morgan fingerprint density at radius 3 is 2.78 bits per heavy atom. The number of aromatic nitrogens is 2. The number of carbonyl (C=O) groups is 3. The van der Waals surface area contributed by atoms with Crippen LogP contribution in [0.25, 0.3) is 10.9 Å². The van der Waals surface area contributed by atoms with Crippen molar-refractivity contribution in [3.63, 3.8) is 0 Å². The van der Waals surface area contributed by atoms with E-state index >= 15 is 0 Å². The third kappa shape index (κ3) is 5.80. The fraction of sp³-hybridized carbons (Fsp3) is 0.440. The zero-order valence-electron chi connectivity index (χ0n) is 20.1. The lowest BCUT2D eigenvalue weighted by molar-refractivity contribution is -0.126. The van der Waals surface area contributed by atoms with Gasteiger partial charge in [-0.15, -0.1) is 11.3 Å². The second-order valence-electron chi connectivity index (χ2n) is 9.41. The summed E-state index contributed by atoms with van der Waals surface area (Å²) in [4.78, 5) is 47.6. The molecule has 1 fully saturated rings. The van der Waals surface area contributed by atoms with E-state index < -0.39 is 6.04 Å². The molecule has 2 aliphatic rings. The van der Waals surface area contributed by atoms with Crippen LogP contribution in [-0.2, 0) is 17.8 Å². The zero-order valence-corrected chi connectivity index (χ0v) is 21.7. The first-order valence-electron chi connectivity index (χ1n) is 12.4. The molecule has 5 rings (SSSR count). The maximum atomic E-state index is 13.2. The summed E-state index contributed by atoms with van der Waals surface area (Å²) in [6, 6.07) is 6.26. The van der Waals surface area contributed by atoms with E-state index in [1.54, 1.807) is 18.2 Å². The van der Waals surface area contributed by atoms with Crippen molar-refractivity contribution >= 4 is 51.6 Å². The Kier molecular flexibility index (Phi) is 7.75. The van der Waals surface area contributed by atoms with Crippen molar-refractivity contribution in [2.75, 3.05) is 19.7 Å². The van der Waals surface area contributed by atoms with Crippen molar-refractivity contribution in [3.05, 3.63) is 50.6 Å². The zero-order chi connectivity index (χ0) is 25.9. The van der Waals surface area contributed by atoms with Gasteiger partial charge in [0.1, 0.15) is 5.69 Å². The molecule has 6 N–H and O–H groups in total. The molecule has 0 radical (unpaired) electrons. The Morgan fingerprint density at radius 1 is 1.14 bits per heavy atom. The number of carbonyl (C=O) groups excluding carboxylic acids is 3. The van der Waals surface area contributed by atoms with Crippen molar-refractivity contribution in [1.82, 2.24) is 31.2 Å². The normalized spacial score (nSPS) is 21.3. The lowest BCUT2D eigenvalue weighted by atomic mass is 9.81. The fourth-order valence-electron chi connectivity index (χ4n) is 4.99. The van der Waals surface area contributed by atoms with Gasteiger partial charge >= 0.3 is 0 Å². The number of benzene rings is 1. The Labute approximate surface area is 222 Å². The summed E-state index contributed by atoms with van der Waals surface area (Å²) >= 11 is 7.45. The molecule has 0 unspecified atom stereocenters. The van der Waals surface area contributed by atoms with E-state index in [9.17, 15) is 14.4 Å². The molecule has 10 nitrogen and oxygen atoms in total. The van der Waals surface area contributed by atoms with Crippen LogP contribution in [0.3, 0.4) is 0 Å². The highest BCUT2D eigenvalue weighted by molar-refractivity contribution is 7.13. The molecule has 0 saturated heterocycles. The highest BCUT2D eigenvalue weighted by Gasteiger charge is 2.36. The molecule has 196 valence electrons. The first-order valence-corrected chi connectivity index (χ1v) is 13.6. The van der Waals surface area contributed by atoms with Crippen LogP contribution in [0.4, 0.5) is 0 Å². The Balaban J connectivity index is 1.32. The van der Waals surface area contributed by atoms with Gasteiger partial charge in [0.05, 0.1) is 18.3 Å². The molecular formula is C25H29ClN6O4S. The monoisotopic (exact) mass is 544 g/mol. The maximum Gasteiger partial charge on any atom is 0.280 e. The molecule has 1 aromatic carbocycles. The standard InChI is InChI=1S/C25H29ClN6O4S/c26-15-2-4-16-14(9-15)11-20(29-16)23(35)30-17-3-1-13(22(34)28-7-8-33)10-19(17)31-24(36)25-32-18-5-6-27-12-21(18)37-25/h2,4,9,11,13,17,19,27,29,33H,1,3,5-8,10,12H2,(H,28,34)(H,30,35)(H,31,36)/t13-,17-,19+/m0/s1. The number of aliphatic hydroxyl groups is 1. The average Bonchev–Trinajstić information content (AvgIpc) is 3.52. The molecule has 3 amide bonds. The fourth-order valence-corrected chi connectivity index (χ4v) is 6.15. The van der Waals surface area contributed by atoms with Crippen molar-refractivity contribution < 1.29 is 19.5 Å². The van der Waals surface area contributed by atoms with Gasteiger partial charge in [0.2, 0.25) is 5.91 Å². The highest BCUT2D eigenvalue weighted by atomic mass is 35.5. The summed E-state index contributed by atoms with van der Waals surface area (Å²) in [7, 11) is 0. The van der Waals surface area contributed by atoms with Crippen LogP contribution in [0.2, 0.25) is 5.02 Å². The van der Waals surface area contributed by atoms with Crippen molar-refractivity contribution in [2.45, 2.75) is 44.3 Å². The van der Waals surface area contributed by atoms with Gasteiger partial charge < -0.3 is 31.4 Å². The number of nitrogens with zero attached hydrogens (tertiary/aromatic N) is 1. The quantitative estimate of drug-likeness (QED) is 0.267. The first kappa shape index (κ1) is 25.7. The van der Waals surface area contributed by atoms with E-state index in [4.69, 9.17) is 16.7 Å². The molecule has 37 heavy (non-hydrogen) atoms. The van der Waals surface area contributed by atoms with E-state index in [0.717, 1.165) is 34.4 Å². The first-order chi connectivity index (χ1) is 17.9. The van der Waals surface area contributed by atoms with Gasteiger partial charge in [-0.2, -0.15) is 0 Å². The van der Waals surface area contributed by atoms with Gasteiger partial charge in [0.15, 0.2) is 5.01 Å². The third-order valence-electron chi connectivity index (χ3n) is 6.89. The van der Waals surface area contributed by atoms with Crippen LogP contribution >= 0.6 is 22.9 Å². The second-order valence-corrected chi connectivity index (χ2v) is 10.9. The number of H-pyrrole nitrogens is 1. The van der Waals surface area contributed by atoms with Crippen molar-refractivity contribution in [2.24, 2.45) is 5.92 Å². The summed E-state index contributed by atoms with van der Waals surface area (Å²) < 4.78 is 0. The number of rotatable bonds is 7. The van der Waals surface area contributed by atoms with E-state index in [1.807, 2.05) is 6.07 Å². The number of aromatic amines is 1. The van der Waals surface area contributed by atoms with Gasteiger partial charge in [-0.05, 0) is 43.5 Å². The number of hydrogen-bond acceptors (Lipinski definition) is 7. The van der Waals surface area contributed by atoms with Crippen molar-refractivity contribution in [3.8, 4) is 0 Å². The van der Waals surface area contributed by atoms with E-state index in [0.29, 0.717) is 41.5 Å². The Bertz CT molecular complexity index is 1300. The van der Waals surface area contributed by atoms with Crippen LogP contribution < -0.4 is 21.3 Å². The lowest BCUT2D eigenvalue weighted by Gasteiger charge is -2.36. The predicted octanol–water partition coefficient (Wildman–Crippen LogP) is 1.73. The largest absolute Gasteiger partial charge is 0.395 e. The second kappa shape index (κ2) is 11.2.